The summed E-state index contributed by atoms with van der Waals surface area (Å²) in [5.74, 6) is -0.233. The first kappa shape index (κ1) is 16.7. The minimum absolute atomic E-state index is 0.233. The van der Waals surface area contributed by atoms with Gasteiger partial charge in [0.1, 0.15) is 0 Å². The largest absolute Gasteiger partial charge is 0.300 e. The van der Waals surface area contributed by atoms with E-state index in [0.29, 0.717) is 10.1 Å². The lowest BCUT2D eigenvalue weighted by Crippen LogP contribution is -2.19. The molecule has 1 amide bonds. The molecular formula is C20H15N3OS. The monoisotopic (exact) mass is 345 g/mol. The molecule has 1 aliphatic rings. The Morgan fingerprint density at radius 3 is 2.52 bits per heavy atom. The van der Waals surface area contributed by atoms with Crippen molar-refractivity contribution in [3.05, 3.63) is 76.2 Å². The Kier molecular flexibility index (Phi) is 5.12. The fourth-order valence-corrected chi connectivity index (χ4v) is 3.18. The van der Waals surface area contributed by atoms with Gasteiger partial charge in [-0.25, -0.2) is 0 Å². The van der Waals surface area contributed by atoms with Crippen LogP contribution in [0.15, 0.2) is 64.5 Å². The van der Waals surface area contributed by atoms with Crippen molar-refractivity contribution in [1.29, 1.82) is 5.26 Å². The van der Waals surface area contributed by atoms with Crippen molar-refractivity contribution < 1.29 is 4.79 Å². The Morgan fingerprint density at radius 2 is 1.84 bits per heavy atom. The number of hydrogen-bond donors (Lipinski definition) is 1. The van der Waals surface area contributed by atoms with Crippen molar-refractivity contribution in [2.45, 2.75) is 6.92 Å². The quantitative estimate of drug-likeness (QED) is 0.513. The van der Waals surface area contributed by atoms with E-state index in [9.17, 15) is 4.79 Å². The Balaban J connectivity index is 1.78. The molecule has 122 valence electrons. The lowest BCUT2D eigenvalue weighted by molar-refractivity contribution is -0.115. The molecule has 25 heavy (non-hydrogen) atoms. The second-order valence-electron chi connectivity index (χ2n) is 5.44. The highest BCUT2D eigenvalue weighted by atomic mass is 32.2. The third kappa shape index (κ3) is 4.25. The zero-order chi connectivity index (χ0) is 17.6. The number of rotatable bonds is 3. The molecule has 0 unspecified atom stereocenters. The van der Waals surface area contributed by atoms with Gasteiger partial charge in [-0.3, -0.25) is 10.1 Å². The Labute approximate surface area is 150 Å². The first-order chi connectivity index (χ1) is 12.2. The lowest BCUT2D eigenvalue weighted by atomic mass is 10.0. The predicted molar refractivity (Wildman–Crippen MR) is 103 cm³/mol. The molecule has 1 aliphatic heterocycles. The van der Waals surface area contributed by atoms with Gasteiger partial charge in [0.25, 0.3) is 5.91 Å². The number of nitriles is 1. The van der Waals surface area contributed by atoms with E-state index in [0.717, 1.165) is 16.7 Å². The van der Waals surface area contributed by atoms with Crippen molar-refractivity contribution in [1.82, 2.24) is 5.32 Å². The molecule has 0 aliphatic carbocycles. The van der Waals surface area contributed by atoms with Crippen molar-refractivity contribution >= 4 is 40.6 Å². The Bertz CT molecular complexity index is 920. The molecule has 0 aromatic heterocycles. The van der Waals surface area contributed by atoms with Gasteiger partial charge in [0.15, 0.2) is 5.17 Å². The average Bonchev–Trinajstić information content (AvgIpc) is 2.96. The summed E-state index contributed by atoms with van der Waals surface area (Å²) in [5, 5.41) is 11.4. The number of nitrogens with one attached hydrogen (secondary N) is 1. The molecule has 0 atom stereocenters. The number of allylic oxidation sites excluding steroid dienone is 1. The molecule has 4 nitrogen and oxygen atoms in total. The van der Waals surface area contributed by atoms with Crippen LogP contribution in [0.5, 0.6) is 0 Å². The first-order valence-corrected chi connectivity index (χ1v) is 8.49. The summed E-state index contributed by atoms with van der Waals surface area (Å²) in [4.78, 5) is 15.9. The van der Waals surface area contributed by atoms with Crippen LogP contribution in [0.4, 0.5) is 0 Å². The van der Waals surface area contributed by atoms with E-state index in [2.05, 4.69) is 35.4 Å². The normalized spacial score (nSPS) is 17.6. The summed E-state index contributed by atoms with van der Waals surface area (Å²) in [6.45, 7) is 2.07. The maximum atomic E-state index is 11.8. The number of carbonyl (C=O) groups excluding carboxylic acids is 1. The molecule has 1 fully saturated rings. The number of aliphatic imine (C=N–C) groups is 1. The van der Waals surface area contributed by atoms with Gasteiger partial charge in [0.2, 0.25) is 6.19 Å². The number of nitrogens with zero attached hydrogens (tertiary/aromatic N) is 2. The fraction of sp³-hybridized carbons (Fsp3) is 0.0500. The topological polar surface area (TPSA) is 65.2 Å². The second kappa shape index (κ2) is 7.65. The maximum absolute atomic E-state index is 11.8. The van der Waals surface area contributed by atoms with E-state index < -0.39 is 0 Å². The lowest BCUT2D eigenvalue weighted by Gasteiger charge is -2.03. The van der Waals surface area contributed by atoms with Gasteiger partial charge in [-0.2, -0.15) is 5.26 Å². The van der Waals surface area contributed by atoms with Crippen LogP contribution in [0.2, 0.25) is 0 Å². The summed E-state index contributed by atoms with van der Waals surface area (Å²) in [7, 11) is 0. The number of benzene rings is 2. The van der Waals surface area contributed by atoms with Crippen LogP contribution >= 0.6 is 11.8 Å². The Hall–Kier alpha value is -3.10. The molecule has 0 saturated carbocycles. The van der Waals surface area contributed by atoms with Crippen molar-refractivity contribution in [3.63, 3.8) is 0 Å². The highest BCUT2D eigenvalue weighted by Crippen LogP contribution is 2.26. The summed E-state index contributed by atoms with van der Waals surface area (Å²) in [6, 6.07) is 18.2. The van der Waals surface area contributed by atoms with Gasteiger partial charge in [0, 0.05) is 0 Å². The molecule has 1 N–H and O–H groups in total. The molecule has 0 bridgehead atoms. The number of amides is 1. The molecule has 2 aromatic carbocycles. The van der Waals surface area contributed by atoms with E-state index in [1.54, 1.807) is 12.3 Å². The third-order valence-electron chi connectivity index (χ3n) is 3.65. The number of thioether (sulfide) groups is 1. The highest BCUT2D eigenvalue weighted by molar-refractivity contribution is 8.18. The van der Waals surface area contributed by atoms with Gasteiger partial charge >= 0.3 is 0 Å². The van der Waals surface area contributed by atoms with Crippen LogP contribution < -0.4 is 5.32 Å². The maximum Gasteiger partial charge on any atom is 0.264 e. The highest BCUT2D eigenvalue weighted by Gasteiger charge is 2.23. The smallest absolute Gasteiger partial charge is 0.264 e. The van der Waals surface area contributed by atoms with E-state index >= 15 is 0 Å². The third-order valence-corrected chi connectivity index (χ3v) is 4.56. The zero-order valence-electron chi connectivity index (χ0n) is 13.6. The van der Waals surface area contributed by atoms with E-state index in [-0.39, 0.29) is 5.91 Å². The molecule has 2 aromatic rings. The van der Waals surface area contributed by atoms with Crippen molar-refractivity contribution in [2.24, 2.45) is 4.99 Å². The van der Waals surface area contributed by atoms with Crippen LogP contribution in [0.3, 0.4) is 0 Å². The Morgan fingerprint density at radius 1 is 1.12 bits per heavy atom. The molecule has 0 spiro atoms. The van der Waals surface area contributed by atoms with Gasteiger partial charge in [-0.05, 0) is 47.0 Å². The van der Waals surface area contributed by atoms with E-state index in [1.807, 2.05) is 42.5 Å². The van der Waals surface area contributed by atoms with Crippen molar-refractivity contribution in [2.75, 3.05) is 0 Å². The molecule has 0 radical (unpaired) electrons. The summed E-state index contributed by atoms with van der Waals surface area (Å²) < 4.78 is 0. The van der Waals surface area contributed by atoms with Crippen LogP contribution in [0.1, 0.15) is 23.6 Å². The first-order valence-electron chi connectivity index (χ1n) is 7.67. The summed E-state index contributed by atoms with van der Waals surface area (Å²) >= 11 is 1.17. The fourth-order valence-electron chi connectivity index (χ4n) is 2.40. The van der Waals surface area contributed by atoms with Gasteiger partial charge in [-0.15, -0.1) is 4.99 Å². The average molecular weight is 345 g/mol. The zero-order valence-corrected chi connectivity index (χ0v) is 14.4. The SMILES string of the molecule is C/C(=C\c1ccccc1)c1ccc(/C=C2\SC(=NC#N)NC2=O)cc1. The number of amidine groups is 1. The van der Waals surface area contributed by atoms with Crippen LogP contribution in [0.25, 0.3) is 17.7 Å². The minimum Gasteiger partial charge on any atom is -0.300 e. The van der Waals surface area contributed by atoms with Crippen molar-refractivity contribution in [3.8, 4) is 6.19 Å². The molecule has 1 saturated heterocycles. The standard InChI is InChI=1S/C20H15N3OS/c1-14(11-15-5-3-2-4-6-15)17-9-7-16(8-10-17)12-18-19(24)23-20(25-18)22-13-21/h2-12H,1H3,(H,22,23,24)/b14-11+,18-12-. The van der Waals surface area contributed by atoms with E-state index in [4.69, 9.17) is 5.26 Å². The van der Waals surface area contributed by atoms with Crippen LogP contribution in [-0.2, 0) is 4.79 Å². The van der Waals surface area contributed by atoms with Gasteiger partial charge in [0.05, 0.1) is 4.91 Å². The predicted octanol–water partition coefficient (Wildman–Crippen LogP) is 4.29. The number of hydrogen-bond acceptors (Lipinski definition) is 4. The van der Waals surface area contributed by atoms with Crippen LogP contribution in [-0.4, -0.2) is 11.1 Å². The van der Waals surface area contributed by atoms with Gasteiger partial charge in [-0.1, -0.05) is 60.7 Å². The summed E-state index contributed by atoms with van der Waals surface area (Å²) in [6.07, 6.45) is 5.60. The second-order valence-corrected chi connectivity index (χ2v) is 6.47. The molecular weight excluding hydrogens is 330 g/mol. The van der Waals surface area contributed by atoms with Gasteiger partial charge < -0.3 is 0 Å². The molecule has 3 rings (SSSR count). The molecule has 5 heteroatoms. The molecule has 1 heterocycles. The summed E-state index contributed by atoms with van der Waals surface area (Å²) in [5.41, 5.74) is 4.38. The minimum atomic E-state index is -0.233. The number of carbonyl (C=O) groups is 1. The van der Waals surface area contributed by atoms with Crippen LogP contribution in [0, 0.1) is 11.5 Å². The van der Waals surface area contributed by atoms with E-state index in [1.165, 1.54) is 17.3 Å².